The lowest BCUT2D eigenvalue weighted by atomic mass is 10.1. The zero-order chi connectivity index (χ0) is 24.5. The SMILES string of the molecule is Cc1ccc(N2N=C(C(=O)N3CCN(S(=O)(=O)c4cccc([N+](=O)[O-])c4)CC3)CCC2=O)cc1. The summed E-state index contributed by atoms with van der Waals surface area (Å²) in [6.45, 7) is 2.31. The third-order valence-electron chi connectivity index (χ3n) is 5.75. The number of rotatable bonds is 5. The van der Waals surface area contributed by atoms with Crippen molar-refractivity contribution in [2.45, 2.75) is 24.7 Å². The molecule has 0 aromatic heterocycles. The summed E-state index contributed by atoms with van der Waals surface area (Å²) in [5, 5.41) is 16.5. The number of nitro groups is 1. The number of hydrogen-bond acceptors (Lipinski definition) is 7. The summed E-state index contributed by atoms with van der Waals surface area (Å²) in [4.78, 5) is 37.1. The molecule has 1 saturated heterocycles. The third kappa shape index (κ3) is 4.68. The number of nitrogens with zero attached hydrogens (tertiary/aromatic N) is 5. The molecule has 2 aliphatic rings. The maximum absolute atomic E-state index is 13.1. The normalized spacial score (nSPS) is 17.4. The Balaban J connectivity index is 1.45. The second kappa shape index (κ2) is 9.31. The minimum absolute atomic E-state index is 0.0463. The molecule has 2 aromatic rings. The monoisotopic (exact) mass is 485 g/mol. The minimum atomic E-state index is -3.94. The molecule has 2 aromatic carbocycles. The molecule has 34 heavy (non-hydrogen) atoms. The molecule has 0 unspecified atom stereocenters. The largest absolute Gasteiger partial charge is 0.335 e. The number of anilines is 1. The molecule has 1 fully saturated rings. The van der Waals surface area contributed by atoms with E-state index in [2.05, 4.69) is 5.10 Å². The van der Waals surface area contributed by atoms with Gasteiger partial charge in [0, 0.05) is 51.2 Å². The smallest absolute Gasteiger partial charge is 0.270 e. The second-order valence-corrected chi connectivity index (χ2v) is 9.98. The van der Waals surface area contributed by atoms with Crippen LogP contribution in [0.3, 0.4) is 0 Å². The van der Waals surface area contributed by atoms with Crippen LogP contribution in [0, 0.1) is 17.0 Å². The van der Waals surface area contributed by atoms with Crippen LogP contribution < -0.4 is 5.01 Å². The van der Waals surface area contributed by atoms with E-state index in [1.807, 2.05) is 19.1 Å². The lowest BCUT2D eigenvalue weighted by molar-refractivity contribution is -0.385. The number of carbonyl (C=O) groups is 2. The first-order valence-electron chi connectivity index (χ1n) is 10.7. The molecular formula is C22H23N5O6S. The van der Waals surface area contributed by atoms with Gasteiger partial charge in [0.25, 0.3) is 11.6 Å². The summed E-state index contributed by atoms with van der Waals surface area (Å²) in [5.74, 6) is -0.537. The first-order chi connectivity index (χ1) is 16.2. The van der Waals surface area contributed by atoms with Gasteiger partial charge in [0.2, 0.25) is 15.9 Å². The molecule has 4 rings (SSSR count). The van der Waals surface area contributed by atoms with Gasteiger partial charge in [0.05, 0.1) is 15.5 Å². The van der Waals surface area contributed by atoms with Crippen molar-refractivity contribution < 1.29 is 22.9 Å². The van der Waals surface area contributed by atoms with Crippen LogP contribution in [0.25, 0.3) is 0 Å². The number of hydrazone groups is 1. The van der Waals surface area contributed by atoms with E-state index in [0.29, 0.717) is 5.69 Å². The van der Waals surface area contributed by atoms with E-state index in [9.17, 15) is 28.1 Å². The number of sulfonamides is 1. The fraction of sp³-hybridized carbons (Fsp3) is 0.318. The zero-order valence-corrected chi connectivity index (χ0v) is 19.3. The van der Waals surface area contributed by atoms with Crippen molar-refractivity contribution in [1.82, 2.24) is 9.21 Å². The van der Waals surface area contributed by atoms with Gasteiger partial charge in [0.1, 0.15) is 5.71 Å². The molecule has 2 amide bonds. The van der Waals surface area contributed by atoms with Crippen molar-refractivity contribution in [1.29, 1.82) is 0 Å². The van der Waals surface area contributed by atoms with Gasteiger partial charge in [-0.1, -0.05) is 23.8 Å². The predicted molar refractivity (Wildman–Crippen MR) is 124 cm³/mol. The van der Waals surface area contributed by atoms with Gasteiger partial charge in [-0.05, 0) is 25.1 Å². The lowest BCUT2D eigenvalue weighted by Crippen LogP contribution is -2.52. The predicted octanol–water partition coefficient (Wildman–Crippen LogP) is 1.92. The van der Waals surface area contributed by atoms with Crippen LogP contribution in [0.5, 0.6) is 0 Å². The number of amides is 2. The summed E-state index contributed by atoms with van der Waals surface area (Å²) in [5.41, 5.74) is 1.55. The van der Waals surface area contributed by atoms with E-state index in [0.717, 1.165) is 11.6 Å². The summed E-state index contributed by atoms with van der Waals surface area (Å²) in [6, 6.07) is 12.1. The summed E-state index contributed by atoms with van der Waals surface area (Å²) in [6.07, 6.45) is 0.367. The molecule has 11 nitrogen and oxygen atoms in total. The molecule has 0 saturated carbocycles. The molecular weight excluding hydrogens is 462 g/mol. The fourth-order valence-corrected chi connectivity index (χ4v) is 5.28. The zero-order valence-electron chi connectivity index (χ0n) is 18.5. The molecule has 2 aliphatic heterocycles. The first-order valence-corrected chi connectivity index (χ1v) is 12.1. The van der Waals surface area contributed by atoms with Crippen LogP contribution in [-0.4, -0.2) is 66.3 Å². The van der Waals surface area contributed by atoms with Crippen molar-refractivity contribution in [3.63, 3.8) is 0 Å². The van der Waals surface area contributed by atoms with Gasteiger partial charge in [-0.3, -0.25) is 19.7 Å². The molecule has 0 spiro atoms. The molecule has 0 atom stereocenters. The molecule has 2 heterocycles. The Morgan fingerprint density at radius 3 is 2.35 bits per heavy atom. The maximum atomic E-state index is 13.1. The first kappa shape index (κ1) is 23.5. The van der Waals surface area contributed by atoms with Crippen molar-refractivity contribution in [3.8, 4) is 0 Å². The van der Waals surface area contributed by atoms with Crippen molar-refractivity contribution >= 4 is 38.9 Å². The molecule has 0 bridgehead atoms. The number of non-ortho nitro benzene ring substituents is 1. The highest BCUT2D eigenvalue weighted by molar-refractivity contribution is 7.89. The van der Waals surface area contributed by atoms with Gasteiger partial charge < -0.3 is 4.90 Å². The van der Waals surface area contributed by atoms with E-state index in [-0.39, 0.29) is 67.1 Å². The molecule has 0 radical (unpaired) electrons. The molecule has 178 valence electrons. The Bertz CT molecular complexity index is 1270. The topological polar surface area (TPSA) is 134 Å². The van der Waals surface area contributed by atoms with Crippen LogP contribution in [0.15, 0.2) is 58.5 Å². The summed E-state index contributed by atoms with van der Waals surface area (Å²) < 4.78 is 27.1. The average Bonchev–Trinajstić information content (AvgIpc) is 2.84. The van der Waals surface area contributed by atoms with E-state index < -0.39 is 14.9 Å². The number of aryl methyl sites for hydroxylation is 1. The number of nitro benzene ring substituents is 1. The third-order valence-corrected chi connectivity index (χ3v) is 7.64. The number of hydrogen-bond donors (Lipinski definition) is 0. The number of benzene rings is 2. The van der Waals surface area contributed by atoms with E-state index in [1.54, 1.807) is 12.1 Å². The Hall–Kier alpha value is -3.64. The van der Waals surface area contributed by atoms with Gasteiger partial charge in [-0.25, -0.2) is 13.4 Å². The number of carbonyl (C=O) groups excluding carboxylic acids is 2. The molecule has 12 heteroatoms. The van der Waals surface area contributed by atoms with Crippen LogP contribution in [0.2, 0.25) is 0 Å². The number of piperazine rings is 1. The second-order valence-electron chi connectivity index (χ2n) is 8.04. The quantitative estimate of drug-likeness (QED) is 0.469. The van der Waals surface area contributed by atoms with Crippen molar-refractivity contribution in [3.05, 3.63) is 64.2 Å². The van der Waals surface area contributed by atoms with Gasteiger partial charge in [-0.15, -0.1) is 0 Å². The van der Waals surface area contributed by atoms with E-state index in [4.69, 9.17) is 0 Å². The van der Waals surface area contributed by atoms with E-state index in [1.165, 1.54) is 32.4 Å². The Morgan fingerprint density at radius 1 is 1.03 bits per heavy atom. The maximum Gasteiger partial charge on any atom is 0.270 e. The van der Waals surface area contributed by atoms with Crippen LogP contribution in [0.4, 0.5) is 11.4 Å². The highest BCUT2D eigenvalue weighted by Gasteiger charge is 2.34. The van der Waals surface area contributed by atoms with E-state index >= 15 is 0 Å². The standard InChI is InChI=1S/C22H23N5O6S/c1-16-5-7-17(8-6-16)26-21(28)10-9-20(23-26)22(29)24-11-13-25(14-12-24)34(32,33)19-4-2-3-18(15-19)27(30)31/h2-8,15H,9-14H2,1H3. The fourth-order valence-electron chi connectivity index (χ4n) is 3.82. The van der Waals surface area contributed by atoms with Gasteiger partial charge in [-0.2, -0.15) is 9.41 Å². The van der Waals surface area contributed by atoms with Gasteiger partial charge in [0.15, 0.2) is 0 Å². The summed E-state index contributed by atoms with van der Waals surface area (Å²) in [7, 11) is -3.94. The Morgan fingerprint density at radius 2 is 1.71 bits per heavy atom. The molecule has 0 N–H and O–H groups in total. The summed E-state index contributed by atoms with van der Waals surface area (Å²) >= 11 is 0. The van der Waals surface area contributed by atoms with Gasteiger partial charge >= 0.3 is 0 Å². The van der Waals surface area contributed by atoms with Crippen molar-refractivity contribution in [2.75, 3.05) is 31.2 Å². The van der Waals surface area contributed by atoms with Crippen LogP contribution >= 0.6 is 0 Å². The van der Waals surface area contributed by atoms with Crippen LogP contribution in [0.1, 0.15) is 18.4 Å². The van der Waals surface area contributed by atoms with Crippen LogP contribution in [-0.2, 0) is 19.6 Å². The van der Waals surface area contributed by atoms with Crippen molar-refractivity contribution in [2.24, 2.45) is 5.10 Å². The highest BCUT2D eigenvalue weighted by Crippen LogP contribution is 2.24. The Kier molecular flexibility index (Phi) is 6.44. The lowest BCUT2D eigenvalue weighted by Gasteiger charge is -2.34. The average molecular weight is 486 g/mol. The highest BCUT2D eigenvalue weighted by atomic mass is 32.2. The Labute approximate surface area is 196 Å². The molecule has 0 aliphatic carbocycles. The minimum Gasteiger partial charge on any atom is -0.335 e.